The molecule has 2 aromatic rings. The lowest BCUT2D eigenvalue weighted by Crippen LogP contribution is -2.39. The molecule has 6 nitrogen and oxygen atoms in total. The molecular weight excluding hydrogens is 314 g/mol. The average Bonchev–Trinajstić information content (AvgIpc) is 2.99. The van der Waals surface area contributed by atoms with Gasteiger partial charge in [0.25, 0.3) is 0 Å². The molecule has 2 rings (SSSR count). The number of rotatable bonds is 6. The van der Waals surface area contributed by atoms with E-state index in [2.05, 4.69) is 39.6 Å². The fourth-order valence-electron chi connectivity index (χ4n) is 1.85. The Labute approximate surface area is 141 Å². The van der Waals surface area contributed by atoms with Gasteiger partial charge in [0.05, 0.1) is 0 Å². The second kappa shape index (κ2) is 8.53. The van der Waals surface area contributed by atoms with Crippen LogP contribution in [0.3, 0.4) is 0 Å². The fraction of sp³-hybridized carbons (Fsp3) is 0.438. The topological polar surface area (TPSA) is 75.3 Å². The standard InChI is InChI=1S/C16H22ClN5O/c1-4-18-16(19-9-11(2)3)20-10-14-21-15(22-23-14)12-6-5-7-13(17)8-12/h5-8,11H,4,9-10H2,1-3H3,(H2,18,19,20). The van der Waals surface area contributed by atoms with Crippen LogP contribution in [-0.2, 0) is 6.54 Å². The van der Waals surface area contributed by atoms with Crippen molar-refractivity contribution in [1.82, 2.24) is 20.8 Å². The summed E-state index contributed by atoms with van der Waals surface area (Å²) in [6, 6.07) is 7.34. The summed E-state index contributed by atoms with van der Waals surface area (Å²) in [6.45, 7) is 8.28. The molecule has 0 saturated carbocycles. The Hall–Kier alpha value is -2.08. The summed E-state index contributed by atoms with van der Waals surface area (Å²) in [5, 5.41) is 11.1. The Balaban J connectivity index is 2.03. The van der Waals surface area contributed by atoms with E-state index in [0.29, 0.717) is 29.2 Å². The van der Waals surface area contributed by atoms with E-state index in [-0.39, 0.29) is 0 Å². The molecule has 0 fully saturated rings. The maximum atomic E-state index is 5.97. The second-order valence-corrected chi connectivity index (χ2v) is 5.93. The Morgan fingerprint density at radius 1 is 1.35 bits per heavy atom. The molecule has 23 heavy (non-hydrogen) atoms. The molecular formula is C16H22ClN5O. The lowest BCUT2D eigenvalue weighted by molar-refractivity contribution is 0.380. The SMILES string of the molecule is CCNC(=NCc1nc(-c2cccc(Cl)c2)no1)NCC(C)C. The summed E-state index contributed by atoms with van der Waals surface area (Å²) in [5.74, 6) is 2.25. The van der Waals surface area contributed by atoms with Gasteiger partial charge < -0.3 is 15.2 Å². The number of nitrogens with zero attached hydrogens (tertiary/aromatic N) is 3. The third kappa shape index (κ3) is 5.56. The summed E-state index contributed by atoms with van der Waals surface area (Å²) < 4.78 is 5.25. The van der Waals surface area contributed by atoms with Gasteiger partial charge in [0.15, 0.2) is 5.96 Å². The first kappa shape index (κ1) is 17.3. The van der Waals surface area contributed by atoms with Crippen LogP contribution in [-0.4, -0.2) is 29.2 Å². The van der Waals surface area contributed by atoms with Gasteiger partial charge >= 0.3 is 0 Å². The second-order valence-electron chi connectivity index (χ2n) is 5.49. The maximum Gasteiger partial charge on any atom is 0.248 e. The highest BCUT2D eigenvalue weighted by Crippen LogP contribution is 2.19. The third-order valence-corrected chi connectivity index (χ3v) is 3.18. The van der Waals surface area contributed by atoms with Crippen LogP contribution < -0.4 is 10.6 Å². The molecule has 1 aromatic carbocycles. The van der Waals surface area contributed by atoms with Crippen LogP contribution in [0.15, 0.2) is 33.8 Å². The molecule has 2 N–H and O–H groups in total. The number of hydrogen-bond donors (Lipinski definition) is 2. The molecule has 0 aliphatic rings. The molecule has 0 bridgehead atoms. The van der Waals surface area contributed by atoms with Crippen molar-refractivity contribution in [2.24, 2.45) is 10.9 Å². The molecule has 1 heterocycles. The number of guanidine groups is 1. The van der Waals surface area contributed by atoms with Crippen molar-refractivity contribution in [1.29, 1.82) is 0 Å². The van der Waals surface area contributed by atoms with Crippen LogP contribution in [0.4, 0.5) is 0 Å². The Bertz CT molecular complexity index is 653. The van der Waals surface area contributed by atoms with E-state index in [1.807, 2.05) is 19.1 Å². The van der Waals surface area contributed by atoms with Crippen molar-refractivity contribution < 1.29 is 4.52 Å². The van der Waals surface area contributed by atoms with Crippen LogP contribution in [0.2, 0.25) is 5.02 Å². The third-order valence-electron chi connectivity index (χ3n) is 2.95. The van der Waals surface area contributed by atoms with Gasteiger partial charge in [-0.2, -0.15) is 4.98 Å². The number of halogens is 1. The Morgan fingerprint density at radius 2 is 2.17 bits per heavy atom. The molecule has 0 saturated heterocycles. The summed E-state index contributed by atoms with van der Waals surface area (Å²) in [4.78, 5) is 8.80. The van der Waals surface area contributed by atoms with E-state index in [1.54, 1.807) is 12.1 Å². The van der Waals surface area contributed by atoms with Gasteiger partial charge in [-0.1, -0.05) is 42.7 Å². The van der Waals surface area contributed by atoms with Gasteiger partial charge in [-0.25, -0.2) is 4.99 Å². The highest BCUT2D eigenvalue weighted by Gasteiger charge is 2.09. The summed E-state index contributed by atoms with van der Waals surface area (Å²) in [5.41, 5.74) is 0.821. The van der Waals surface area contributed by atoms with Crippen LogP contribution >= 0.6 is 11.6 Å². The van der Waals surface area contributed by atoms with E-state index in [0.717, 1.165) is 24.6 Å². The van der Waals surface area contributed by atoms with E-state index in [9.17, 15) is 0 Å². The van der Waals surface area contributed by atoms with Crippen molar-refractivity contribution in [3.8, 4) is 11.4 Å². The minimum atomic E-state index is 0.320. The quantitative estimate of drug-likeness (QED) is 0.626. The minimum absolute atomic E-state index is 0.320. The zero-order valence-corrected chi connectivity index (χ0v) is 14.4. The zero-order chi connectivity index (χ0) is 16.7. The molecule has 0 radical (unpaired) electrons. The molecule has 124 valence electrons. The molecule has 0 spiro atoms. The van der Waals surface area contributed by atoms with Crippen molar-refractivity contribution in [2.75, 3.05) is 13.1 Å². The summed E-state index contributed by atoms with van der Waals surface area (Å²) in [6.07, 6.45) is 0. The number of nitrogens with one attached hydrogen (secondary N) is 2. The first-order valence-electron chi connectivity index (χ1n) is 7.69. The predicted molar refractivity (Wildman–Crippen MR) is 92.4 cm³/mol. The largest absolute Gasteiger partial charge is 0.357 e. The summed E-state index contributed by atoms with van der Waals surface area (Å²) >= 11 is 5.97. The molecule has 7 heteroatoms. The number of benzene rings is 1. The monoisotopic (exact) mass is 335 g/mol. The molecule has 0 unspecified atom stereocenters. The van der Waals surface area contributed by atoms with E-state index >= 15 is 0 Å². The van der Waals surface area contributed by atoms with Gasteiger partial charge in [-0.15, -0.1) is 0 Å². The molecule has 0 atom stereocenters. The lowest BCUT2D eigenvalue weighted by Gasteiger charge is -2.12. The van der Waals surface area contributed by atoms with E-state index in [1.165, 1.54) is 0 Å². The maximum absolute atomic E-state index is 5.97. The highest BCUT2D eigenvalue weighted by molar-refractivity contribution is 6.30. The smallest absolute Gasteiger partial charge is 0.248 e. The number of aromatic nitrogens is 2. The van der Waals surface area contributed by atoms with Crippen molar-refractivity contribution in [2.45, 2.75) is 27.3 Å². The van der Waals surface area contributed by atoms with E-state index < -0.39 is 0 Å². The van der Waals surface area contributed by atoms with Crippen LogP contribution in [0.25, 0.3) is 11.4 Å². The minimum Gasteiger partial charge on any atom is -0.357 e. The average molecular weight is 336 g/mol. The van der Waals surface area contributed by atoms with Crippen LogP contribution in [0.1, 0.15) is 26.7 Å². The van der Waals surface area contributed by atoms with Crippen LogP contribution in [0.5, 0.6) is 0 Å². The van der Waals surface area contributed by atoms with Gasteiger partial charge in [-0.05, 0) is 25.0 Å². The molecule has 1 aromatic heterocycles. The lowest BCUT2D eigenvalue weighted by atomic mass is 10.2. The van der Waals surface area contributed by atoms with E-state index in [4.69, 9.17) is 16.1 Å². The van der Waals surface area contributed by atoms with Crippen molar-refractivity contribution in [3.63, 3.8) is 0 Å². The Kier molecular flexibility index (Phi) is 6.40. The van der Waals surface area contributed by atoms with Crippen molar-refractivity contribution >= 4 is 17.6 Å². The Morgan fingerprint density at radius 3 is 2.87 bits per heavy atom. The fourth-order valence-corrected chi connectivity index (χ4v) is 2.04. The molecule has 0 aliphatic carbocycles. The first-order valence-corrected chi connectivity index (χ1v) is 8.07. The van der Waals surface area contributed by atoms with Gasteiger partial charge in [-0.3, -0.25) is 0 Å². The number of aliphatic imine (C=N–C) groups is 1. The normalized spacial score (nSPS) is 11.8. The molecule has 0 amide bonds. The van der Waals surface area contributed by atoms with Crippen LogP contribution in [0, 0.1) is 5.92 Å². The first-order chi connectivity index (χ1) is 11.1. The highest BCUT2D eigenvalue weighted by atomic mass is 35.5. The van der Waals surface area contributed by atoms with Gasteiger partial charge in [0.2, 0.25) is 11.7 Å². The van der Waals surface area contributed by atoms with Gasteiger partial charge in [0.1, 0.15) is 6.54 Å². The number of hydrogen-bond acceptors (Lipinski definition) is 4. The molecule has 0 aliphatic heterocycles. The van der Waals surface area contributed by atoms with Crippen molar-refractivity contribution in [3.05, 3.63) is 35.2 Å². The summed E-state index contributed by atoms with van der Waals surface area (Å²) in [7, 11) is 0. The van der Waals surface area contributed by atoms with Gasteiger partial charge in [0, 0.05) is 23.7 Å². The zero-order valence-electron chi connectivity index (χ0n) is 13.6. The predicted octanol–water partition coefficient (Wildman–Crippen LogP) is 3.10.